The van der Waals surface area contributed by atoms with Crippen molar-refractivity contribution in [2.45, 2.75) is 24.3 Å². The zero-order valence-electron chi connectivity index (χ0n) is 15.9. The lowest BCUT2D eigenvalue weighted by Crippen LogP contribution is -2.70. The van der Waals surface area contributed by atoms with E-state index in [1.54, 1.807) is 0 Å². The van der Waals surface area contributed by atoms with Gasteiger partial charge in [0.05, 0.1) is 0 Å². The first-order chi connectivity index (χ1) is 13.6. The summed E-state index contributed by atoms with van der Waals surface area (Å²) in [5, 5.41) is 9.63. The van der Waals surface area contributed by atoms with Crippen molar-refractivity contribution in [3.8, 4) is 0 Å². The van der Waals surface area contributed by atoms with Crippen molar-refractivity contribution in [1.82, 2.24) is 30.3 Å². The molecule has 6 rings (SSSR count). The minimum absolute atomic E-state index is 0.0281. The number of hydrogen-bond acceptors (Lipinski definition) is 5. The SMILES string of the molecule is O=C(CCc1n[nH]c(=O)[nH]1)NC1C2CN3CCN(C2)CC1(c1ccccc1)C3. The van der Waals surface area contributed by atoms with E-state index in [2.05, 4.69) is 60.6 Å². The first-order valence-corrected chi connectivity index (χ1v) is 10.1. The van der Waals surface area contributed by atoms with Crippen LogP contribution in [0.15, 0.2) is 35.1 Å². The number of aromatic nitrogens is 3. The number of aromatic amines is 2. The molecule has 3 unspecified atom stereocenters. The summed E-state index contributed by atoms with van der Waals surface area (Å²) in [6, 6.07) is 10.8. The second-order valence-electron chi connectivity index (χ2n) is 8.42. The van der Waals surface area contributed by atoms with E-state index in [0.717, 1.165) is 39.3 Å². The molecule has 3 N–H and O–H groups in total. The van der Waals surface area contributed by atoms with E-state index in [1.165, 1.54) is 5.56 Å². The first kappa shape index (κ1) is 17.6. The van der Waals surface area contributed by atoms with E-state index >= 15 is 0 Å². The van der Waals surface area contributed by atoms with Gasteiger partial charge in [0.2, 0.25) is 5.91 Å². The number of nitrogens with one attached hydrogen (secondary N) is 3. The molecular weight excluding hydrogens is 356 g/mol. The number of fused-ring (bicyclic) bond motifs is 1. The summed E-state index contributed by atoms with van der Waals surface area (Å²) in [4.78, 5) is 31.7. The Morgan fingerprint density at radius 3 is 2.54 bits per heavy atom. The van der Waals surface area contributed by atoms with Gasteiger partial charge in [-0.25, -0.2) is 9.89 Å². The predicted octanol–water partition coefficient (Wildman–Crippen LogP) is -0.286. The average Bonchev–Trinajstić information content (AvgIpc) is 2.95. The van der Waals surface area contributed by atoms with Crippen LogP contribution in [0, 0.1) is 5.92 Å². The number of amides is 1. The molecule has 1 amide bonds. The van der Waals surface area contributed by atoms with Crippen molar-refractivity contribution < 1.29 is 4.79 Å². The Kier molecular flexibility index (Phi) is 4.32. The van der Waals surface area contributed by atoms with E-state index in [1.807, 2.05) is 0 Å². The predicted molar refractivity (Wildman–Crippen MR) is 104 cm³/mol. The number of nitrogens with zero attached hydrogens (tertiary/aromatic N) is 3. The Balaban J connectivity index is 1.39. The van der Waals surface area contributed by atoms with Gasteiger partial charge in [-0.15, -0.1) is 0 Å². The van der Waals surface area contributed by atoms with Gasteiger partial charge in [0, 0.05) is 69.5 Å². The lowest BCUT2D eigenvalue weighted by Gasteiger charge is -2.55. The fraction of sp³-hybridized carbons (Fsp3) is 0.550. The smallest absolute Gasteiger partial charge is 0.340 e. The third-order valence-corrected chi connectivity index (χ3v) is 6.60. The highest BCUT2D eigenvalue weighted by Crippen LogP contribution is 2.43. The van der Waals surface area contributed by atoms with Crippen LogP contribution < -0.4 is 11.0 Å². The molecule has 0 aliphatic carbocycles. The zero-order valence-corrected chi connectivity index (χ0v) is 15.9. The normalized spacial score (nSPS) is 33.6. The highest BCUT2D eigenvalue weighted by Gasteiger charge is 2.55. The van der Waals surface area contributed by atoms with Gasteiger partial charge in [0.15, 0.2) is 0 Å². The van der Waals surface area contributed by atoms with Crippen molar-refractivity contribution >= 4 is 5.91 Å². The highest BCUT2D eigenvalue weighted by atomic mass is 16.2. The molecule has 4 bridgehead atoms. The Labute approximate surface area is 163 Å². The topological polar surface area (TPSA) is 97.1 Å². The fourth-order valence-electron chi connectivity index (χ4n) is 5.47. The van der Waals surface area contributed by atoms with E-state index in [0.29, 0.717) is 24.6 Å². The summed E-state index contributed by atoms with van der Waals surface area (Å²) in [6.07, 6.45) is 0.751. The summed E-state index contributed by atoms with van der Waals surface area (Å²) in [5.74, 6) is 0.983. The molecule has 4 aliphatic heterocycles. The molecule has 1 aromatic heterocycles. The number of piperidine rings is 2. The average molecular weight is 382 g/mol. The number of benzene rings is 1. The van der Waals surface area contributed by atoms with E-state index in [4.69, 9.17) is 0 Å². The Hall–Kier alpha value is -2.45. The highest BCUT2D eigenvalue weighted by molar-refractivity contribution is 5.76. The van der Waals surface area contributed by atoms with E-state index in [9.17, 15) is 9.59 Å². The third-order valence-electron chi connectivity index (χ3n) is 6.60. The fourth-order valence-corrected chi connectivity index (χ4v) is 5.47. The number of H-pyrrole nitrogens is 2. The number of carbonyl (C=O) groups excluding carboxylic acids is 1. The summed E-state index contributed by atoms with van der Waals surface area (Å²) >= 11 is 0. The van der Waals surface area contributed by atoms with Crippen molar-refractivity contribution in [1.29, 1.82) is 0 Å². The Bertz CT molecular complexity index is 891. The molecule has 0 spiro atoms. The quantitative estimate of drug-likeness (QED) is 0.661. The standard InChI is InChI=1S/C20H26N6O2/c27-17(7-6-16-21-19(28)24-23-16)22-18-14-10-25-8-9-26(11-14)13-20(18,12-25)15-4-2-1-3-5-15/h1-5,14,18H,6-13H2,(H,22,27)(H2,21,23,24,28). The maximum absolute atomic E-state index is 12.8. The largest absolute Gasteiger partial charge is 0.352 e. The molecular formula is C20H26N6O2. The maximum atomic E-state index is 12.8. The van der Waals surface area contributed by atoms with Gasteiger partial charge in [-0.1, -0.05) is 30.3 Å². The van der Waals surface area contributed by atoms with Crippen LogP contribution in [0.5, 0.6) is 0 Å². The second-order valence-corrected chi connectivity index (χ2v) is 8.42. The number of carbonyl (C=O) groups is 1. The van der Waals surface area contributed by atoms with Crippen LogP contribution in [0.3, 0.4) is 0 Å². The van der Waals surface area contributed by atoms with Crippen LogP contribution in [0.25, 0.3) is 0 Å². The van der Waals surface area contributed by atoms with Crippen LogP contribution >= 0.6 is 0 Å². The molecule has 4 fully saturated rings. The van der Waals surface area contributed by atoms with E-state index < -0.39 is 0 Å². The molecule has 2 aromatic rings. The number of rotatable bonds is 5. The lowest BCUT2D eigenvalue weighted by molar-refractivity contribution is -0.124. The molecule has 5 heterocycles. The number of hydrogen-bond donors (Lipinski definition) is 3. The molecule has 3 atom stereocenters. The Morgan fingerprint density at radius 2 is 1.89 bits per heavy atom. The molecule has 8 nitrogen and oxygen atoms in total. The van der Waals surface area contributed by atoms with Crippen LogP contribution in [0.1, 0.15) is 17.8 Å². The van der Waals surface area contributed by atoms with E-state index in [-0.39, 0.29) is 23.1 Å². The summed E-state index contributed by atoms with van der Waals surface area (Å²) in [7, 11) is 0. The molecule has 148 valence electrons. The number of aryl methyl sites for hydroxylation is 1. The van der Waals surface area contributed by atoms with Crippen LogP contribution in [0.4, 0.5) is 0 Å². The molecule has 1 aromatic carbocycles. The van der Waals surface area contributed by atoms with Gasteiger partial charge in [-0.05, 0) is 5.56 Å². The molecule has 4 aliphatic rings. The van der Waals surface area contributed by atoms with Crippen LogP contribution in [0.2, 0.25) is 0 Å². The van der Waals surface area contributed by atoms with Crippen molar-refractivity contribution in [2.24, 2.45) is 5.92 Å². The van der Waals surface area contributed by atoms with Gasteiger partial charge >= 0.3 is 5.69 Å². The maximum Gasteiger partial charge on any atom is 0.340 e. The molecule has 0 saturated carbocycles. The first-order valence-electron chi connectivity index (χ1n) is 10.1. The monoisotopic (exact) mass is 382 g/mol. The minimum Gasteiger partial charge on any atom is -0.352 e. The molecule has 8 heteroatoms. The Morgan fingerprint density at radius 1 is 1.18 bits per heavy atom. The minimum atomic E-state index is -0.334. The van der Waals surface area contributed by atoms with Gasteiger partial charge in [0.25, 0.3) is 0 Å². The van der Waals surface area contributed by atoms with Crippen molar-refractivity contribution in [2.75, 3.05) is 39.3 Å². The van der Waals surface area contributed by atoms with Crippen molar-refractivity contribution in [3.05, 3.63) is 52.2 Å². The lowest BCUT2D eigenvalue weighted by atomic mass is 9.64. The summed E-state index contributed by atoms with van der Waals surface area (Å²) < 4.78 is 0. The van der Waals surface area contributed by atoms with Crippen LogP contribution in [-0.4, -0.2) is 76.2 Å². The van der Waals surface area contributed by atoms with Gasteiger partial charge < -0.3 is 15.1 Å². The zero-order chi connectivity index (χ0) is 19.1. The third kappa shape index (κ3) is 3.06. The van der Waals surface area contributed by atoms with Crippen LogP contribution in [-0.2, 0) is 16.6 Å². The molecule has 0 radical (unpaired) electrons. The van der Waals surface area contributed by atoms with Crippen molar-refractivity contribution in [3.63, 3.8) is 0 Å². The molecule has 28 heavy (non-hydrogen) atoms. The van der Waals surface area contributed by atoms with Gasteiger partial charge in [-0.3, -0.25) is 9.78 Å². The molecule has 4 saturated heterocycles. The summed E-state index contributed by atoms with van der Waals surface area (Å²) in [5.41, 5.74) is 0.909. The second kappa shape index (κ2) is 6.86. The van der Waals surface area contributed by atoms with Gasteiger partial charge in [-0.2, -0.15) is 5.10 Å². The summed E-state index contributed by atoms with van der Waals surface area (Å²) in [6.45, 7) is 6.28. The van der Waals surface area contributed by atoms with Gasteiger partial charge in [0.1, 0.15) is 5.82 Å².